The van der Waals surface area contributed by atoms with E-state index >= 15 is 0 Å². The molecule has 2 atom stereocenters. The molecular weight excluding hydrogens is 411 g/mol. The van der Waals surface area contributed by atoms with Crippen LogP contribution in [0.4, 0.5) is 13.2 Å². The van der Waals surface area contributed by atoms with Crippen molar-refractivity contribution in [2.75, 3.05) is 6.61 Å². The lowest BCUT2D eigenvalue weighted by Crippen LogP contribution is -2.60. The van der Waals surface area contributed by atoms with Crippen molar-refractivity contribution < 1.29 is 22.7 Å². The molecule has 0 radical (unpaired) electrons. The number of aliphatic imine (C=N–C) groups is 1. The lowest BCUT2D eigenvalue weighted by Gasteiger charge is -2.40. The summed E-state index contributed by atoms with van der Waals surface area (Å²) in [6.45, 7) is 3.70. The number of nitriles is 1. The Morgan fingerprint density at radius 1 is 1.35 bits per heavy atom. The molecule has 0 saturated heterocycles. The number of carbonyl (C=O) groups is 1. The van der Waals surface area contributed by atoms with Gasteiger partial charge in [-0.25, -0.2) is 0 Å². The lowest BCUT2D eigenvalue weighted by atomic mass is 9.93. The van der Waals surface area contributed by atoms with Gasteiger partial charge in [0.25, 0.3) is 0 Å². The Labute approximate surface area is 176 Å². The summed E-state index contributed by atoms with van der Waals surface area (Å²) in [6.07, 6.45) is -3.47. The minimum absolute atomic E-state index is 0.0794. The molecule has 0 amide bonds. The van der Waals surface area contributed by atoms with E-state index in [-0.39, 0.29) is 24.5 Å². The fraction of sp³-hybridized carbons (Fsp3) is 0.381. The zero-order valence-electron chi connectivity index (χ0n) is 17.1. The van der Waals surface area contributed by atoms with Gasteiger partial charge in [0.15, 0.2) is 5.78 Å². The number of alkyl halides is 3. The average molecular weight is 431 g/mol. The molecule has 0 spiro atoms. The molecule has 31 heavy (non-hydrogen) atoms. The molecule has 2 aromatic heterocycles. The molecule has 10 heteroatoms. The van der Waals surface area contributed by atoms with Crippen molar-refractivity contribution >= 4 is 11.6 Å². The van der Waals surface area contributed by atoms with Crippen molar-refractivity contribution in [3.05, 3.63) is 58.7 Å². The minimum atomic E-state index is -4.71. The van der Waals surface area contributed by atoms with Crippen LogP contribution in [-0.2, 0) is 16.7 Å². The van der Waals surface area contributed by atoms with E-state index < -0.39 is 23.2 Å². The molecule has 7 nitrogen and oxygen atoms in total. The standard InChI is InChI=1S/C21H20F3N5O2/c1-12-7-13(9-25)10-27-17(12)15(30)8-14-5-4-6-16(28-14)19(2)11-31-20(3,18(26)29-19)21(22,23)24/h4-7,10H,8,11H2,1-3H3,(H2,26,29)/t19-,20+/m0/s1. The van der Waals surface area contributed by atoms with Crippen molar-refractivity contribution in [1.82, 2.24) is 9.97 Å². The van der Waals surface area contributed by atoms with Crippen LogP contribution in [0.1, 0.15) is 46.9 Å². The van der Waals surface area contributed by atoms with Crippen LogP contribution in [0.2, 0.25) is 0 Å². The maximum absolute atomic E-state index is 13.3. The fourth-order valence-corrected chi connectivity index (χ4v) is 3.18. The number of pyridine rings is 2. The Bertz CT molecular complexity index is 1110. The SMILES string of the molecule is Cc1cc(C#N)cnc1C(=O)Cc1cccc([C@]2(C)CO[C@@](C)(C(F)(F)F)C(N)=N2)n1. The van der Waals surface area contributed by atoms with Gasteiger partial charge in [-0.15, -0.1) is 0 Å². The second kappa shape index (κ2) is 7.74. The van der Waals surface area contributed by atoms with Gasteiger partial charge in [-0.2, -0.15) is 18.4 Å². The van der Waals surface area contributed by atoms with Gasteiger partial charge in [0.2, 0.25) is 5.60 Å². The van der Waals surface area contributed by atoms with E-state index in [1.54, 1.807) is 38.1 Å². The van der Waals surface area contributed by atoms with Crippen LogP contribution in [-0.4, -0.2) is 40.0 Å². The molecule has 0 unspecified atom stereocenters. The highest BCUT2D eigenvalue weighted by molar-refractivity contribution is 5.96. The number of nitrogens with two attached hydrogens (primary N) is 1. The number of halogens is 3. The first-order chi connectivity index (χ1) is 14.4. The van der Waals surface area contributed by atoms with E-state index in [1.807, 2.05) is 6.07 Å². The first-order valence-corrected chi connectivity index (χ1v) is 9.32. The molecule has 0 aliphatic carbocycles. The lowest BCUT2D eigenvalue weighted by molar-refractivity contribution is -0.249. The Morgan fingerprint density at radius 3 is 2.65 bits per heavy atom. The number of carbonyl (C=O) groups excluding carboxylic acids is 1. The summed E-state index contributed by atoms with van der Waals surface area (Å²) in [5.74, 6) is -0.987. The molecule has 162 valence electrons. The van der Waals surface area contributed by atoms with E-state index in [4.69, 9.17) is 15.7 Å². The quantitative estimate of drug-likeness (QED) is 0.745. The second-order valence-electron chi connectivity index (χ2n) is 7.71. The first-order valence-electron chi connectivity index (χ1n) is 9.32. The summed E-state index contributed by atoms with van der Waals surface area (Å²) < 4.78 is 45.1. The molecule has 0 bridgehead atoms. The summed E-state index contributed by atoms with van der Waals surface area (Å²) in [7, 11) is 0. The third-order valence-corrected chi connectivity index (χ3v) is 5.21. The number of nitrogens with zero attached hydrogens (tertiary/aromatic N) is 4. The third kappa shape index (κ3) is 4.14. The monoisotopic (exact) mass is 431 g/mol. The van der Waals surface area contributed by atoms with Crippen LogP contribution >= 0.6 is 0 Å². The Kier molecular flexibility index (Phi) is 5.58. The van der Waals surface area contributed by atoms with Crippen molar-refractivity contribution in [2.24, 2.45) is 10.7 Å². The van der Waals surface area contributed by atoms with E-state index in [0.717, 1.165) is 6.92 Å². The molecule has 0 aromatic carbocycles. The van der Waals surface area contributed by atoms with Gasteiger partial charge in [-0.1, -0.05) is 6.07 Å². The predicted molar refractivity (Wildman–Crippen MR) is 105 cm³/mol. The number of aromatic nitrogens is 2. The zero-order chi connectivity index (χ0) is 23.0. The molecule has 3 rings (SSSR count). The van der Waals surface area contributed by atoms with Crippen LogP contribution in [0.3, 0.4) is 0 Å². The van der Waals surface area contributed by atoms with E-state index in [2.05, 4.69) is 15.0 Å². The maximum atomic E-state index is 13.3. The summed E-state index contributed by atoms with van der Waals surface area (Å²) >= 11 is 0. The van der Waals surface area contributed by atoms with Gasteiger partial charge in [-0.3, -0.25) is 19.8 Å². The second-order valence-corrected chi connectivity index (χ2v) is 7.71. The topological polar surface area (TPSA) is 114 Å². The van der Waals surface area contributed by atoms with E-state index in [0.29, 0.717) is 22.5 Å². The highest BCUT2D eigenvalue weighted by Crippen LogP contribution is 2.40. The molecular formula is C21H20F3N5O2. The van der Waals surface area contributed by atoms with Gasteiger partial charge in [0.1, 0.15) is 23.1 Å². The summed E-state index contributed by atoms with van der Waals surface area (Å²) in [6, 6.07) is 8.38. The number of hydrogen-bond acceptors (Lipinski definition) is 7. The molecule has 2 N–H and O–H groups in total. The Balaban J connectivity index is 1.87. The number of rotatable bonds is 4. The van der Waals surface area contributed by atoms with Gasteiger partial charge in [0.05, 0.1) is 24.3 Å². The van der Waals surface area contributed by atoms with E-state index in [1.165, 1.54) is 6.20 Å². The largest absolute Gasteiger partial charge is 0.424 e. The fourth-order valence-electron chi connectivity index (χ4n) is 3.18. The number of hydrogen-bond donors (Lipinski definition) is 1. The molecule has 0 saturated carbocycles. The number of aryl methyl sites for hydroxylation is 1. The predicted octanol–water partition coefficient (Wildman–Crippen LogP) is 3.01. The highest BCUT2D eigenvalue weighted by atomic mass is 19.4. The van der Waals surface area contributed by atoms with E-state index in [9.17, 15) is 18.0 Å². The van der Waals surface area contributed by atoms with Crippen LogP contribution in [0.5, 0.6) is 0 Å². The van der Waals surface area contributed by atoms with Gasteiger partial charge in [-0.05, 0) is 44.5 Å². The summed E-state index contributed by atoms with van der Waals surface area (Å²) in [5.41, 5.74) is 3.59. The van der Waals surface area contributed by atoms with Crippen molar-refractivity contribution in [3.8, 4) is 6.07 Å². The Morgan fingerprint density at radius 2 is 2.06 bits per heavy atom. The van der Waals surface area contributed by atoms with Gasteiger partial charge in [0, 0.05) is 11.9 Å². The van der Waals surface area contributed by atoms with Crippen LogP contribution in [0.15, 0.2) is 35.5 Å². The first kappa shape index (κ1) is 22.4. The number of amidine groups is 1. The van der Waals surface area contributed by atoms with Crippen molar-refractivity contribution in [1.29, 1.82) is 5.26 Å². The van der Waals surface area contributed by atoms with Crippen LogP contribution < -0.4 is 5.73 Å². The molecule has 1 aliphatic heterocycles. The van der Waals surface area contributed by atoms with Crippen LogP contribution in [0.25, 0.3) is 0 Å². The average Bonchev–Trinajstić information content (AvgIpc) is 2.70. The number of ketones is 1. The minimum Gasteiger partial charge on any atom is -0.385 e. The smallest absolute Gasteiger partial charge is 0.385 e. The zero-order valence-corrected chi connectivity index (χ0v) is 17.1. The van der Waals surface area contributed by atoms with Crippen molar-refractivity contribution in [3.63, 3.8) is 0 Å². The number of ether oxygens (including phenoxy) is 1. The third-order valence-electron chi connectivity index (χ3n) is 5.21. The summed E-state index contributed by atoms with van der Waals surface area (Å²) in [5, 5.41) is 8.92. The normalized spacial score (nSPS) is 23.7. The highest BCUT2D eigenvalue weighted by Gasteiger charge is 2.59. The molecule has 0 fully saturated rings. The van der Waals surface area contributed by atoms with Gasteiger partial charge < -0.3 is 10.5 Å². The summed E-state index contributed by atoms with van der Waals surface area (Å²) in [4.78, 5) is 25.2. The van der Waals surface area contributed by atoms with Crippen LogP contribution in [0, 0.1) is 18.3 Å². The Hall–Kier alpha value is -3.32. The van der Waals surface area contributed by atoms with Crippen molar-refractivity contribution in [2.45, 2.75) is 44.5 Å². The molecule has 1 aliphatic rings. The maximum Gasteiger partial charge on any atom is 0.424 e. The molecule has 3 heterocycles. The van der Waals surface area contributed by atoms with Gasteiger partial charge >= 0.3 is 6.18 Å². The molecule has 2 aromatic rings. The number of Topliss-reactive ketones (excluding diaryl/α,β-unsaturated/α-hetero) is 1.